The third kappa shape index (κ3) is 3.96. The number of para-hydroxylation sites is 1. The Balaban J connectivity index is 1.40. The van der Waals surface area contributed by atoms with Crippen molar-refractivity contribution in [2.45, 2.75) is 19.4 Å². The molecule has 0 bridgehead atoms. The predicted octanol–water partition coefficient (Wildman–Crippen LogP) is 3.88. The average molecular weight is 406 g/mol. The van der Waals surface area contributed by atoms with Crippen LogP contribution in [0.5, 0.6) is 5.75 Å². The Hall–Kier alpha value is -3.87. The van der Waals surface area contributed by atoms with Gasteiger partial charge in [0.2, 0.25) is 5.91 Å². The van der Waals surface area contributed by atoms with Crippen molar-refractivity contribution in [2.24, 2.45) is 0 Å². The first kappa shape index (κ1) is 19.4. The minimum absolute atomic E-state index is 0.0177. The summed E-state index contributed by atoms with van der Waals surface area (Å²) >= 11 is 0. The van der Waals surface area contributed by atoms with Crippen LogP contribution in [0.1, 0.15) is 12.5 Å². The van der Waals surface area contributed by atoms with Crippen molar-refractivity contribution in [2.75, 3.05) is 0 Å². The number of hydrogen-bond acceptors (Lipinski definition) is 4. The molecule has 2 amide bonds. The van der Waals surface area contributed by atoms with E-state index in [0.29, 0.717) is 11.1 Å². The highest BCUT2D eigenvalue weighted by atomic mass is 19.1. The molecule has 3 aromatic carbocycles. The number of benzene rings is 3. The van der Waals surface area contributed by atoms with Gasteiger partial charge in [0.15, 0.2) is 17.7 Å². The Labute approximate surface area is 171 Å². The minimum Gasteiger partial charge on any atom is -0.478 e. The first-order valence-electron chi connectivity index (χ1n) is 9.40. The van der Waals surface area contributed by atoms with Gasteiger partial charge in [-0.2, -0.15) is 0 Å². The van der Waals surface area contributed by atoms with Gasteiger partial charge >= 0.3 is 0 Å². The lowest BCUT2D eigenvalue weighted by molar-refractivity contribution is -0.132. The van der Waals surface area contributed by atoms with E-state index in [4.69, 9.17) is 9.15 Å². The SMILES string of the molecule is C[C@H](Oc1ccccc1F)C(=O)NNC(=O)Cc1coc2ccc3ccccc3c12. The smallest absolute Gasteiger partial charge is 0.279 e. The van der Waals surface area contributed by atoms with Gasteiger partial charge in [-0.25, -0.2) is 4.39 Å². The lowest BCUT2D eigenvalue weighted by Gasteiger charge is -2.15. The van der Waals surface area contributed by atoms with Gasteiger partial charge in [0.25, 0.3) is 5.91 Å². The zero-order chi connectivity index (χ0) is 21.1. The van der Waals surface area contributed by atoms with Gasteiger partial charge in [-0.05, 0) is 35.9 Å². The van der Waals surface area contributed by atoms with E-state index in [1.54, 1.807) is 12.3 Å². The standard InChI is InChI=1S/C23H19FN2O4/c1-14(30-19-9-5-4-8-18(19)24)23(28)26-25-21(27)12-16-13-29-20-11-10-15-6-2-3-7-17(15)22(16)20/h2-11,13-14H,12H2,1H3,(H,25,27)(H,26,28)/t14-/m0/s1. The fourth-order valence-electron chi connectivity index (χ4n) is 3.24. The monoisotopic (exact) mass is 406 g/mol. The fourth-order valence-corrected chi connectivity index (χ4v) is 3.24. The number of carbonyl (C=O) groups excluding carboxylic acids is 2. The Bertz CT molecular complexity index is 1230. The molecule has 7 heteroatoms. The normalized spacial score (nSPS) is 11.9. The maximum atomic E-state index is 13.6. The molecule has 30 heavy (non-hydrogen) atoms. The number of nitrogens with one attached hydrogen (secondary N) is 2. The van der Waals surface area contributed by atoms with Crippen LogP contribution < -0.4 is 15.6 Å². The topological polar surface area (TPSA) is 80.6 Å². The number of ether oxygens (including phenoxy) is 1. The van der Waals surface area contributed by atoms with Crippen LogP contribution in [0.2, 0.25) is 0 Å². The molecule has 1 heterocycles. The molecule has 0 saturated heterocycles. The summed E-state index contributed by atoms with van der Waals surface area (Å²) in [6, 6.07) is 17.4. The molecule has 0 unspecified atom stereocenters. The number of carbonyl (C=O) groups is 2. The number of hydrogen-bond donors (Lipinski definition) is 2. The van der Waals surface area contributed by atoms with Gasteiger partial charge in [0.1, 0.15) is 5.58 Å². The Morgan fingerprint density at radius 3 is 2.63 bits per heavy atom. The van der Waals surface area contributed by atoms with Crippen molar-refractivity contribution in [3.8, 4) is 5.75 Å². The fraction of sp³-hybridized carbons (Fsp3) is 0.130. The summed E-state index contributed by atoms with van der Waals surface area (Å²) in [5, 5.41) is 2.90. The molecule has 6 nitrogen and oxygen atoms in total. The summed E-state index contributed by atoms with van der Waals surface area (Å²) in [6.07, 6.45) is 0.563. The van der Waals surface area contributed by atoms with Crippen molar-refractivity contribution >= 4 is 33.6 Å². The second-order valence-electron chi connectivity index (χ2n) is 6.83. The number of halogens is 1. The lowest BCUT2D eigenvalue weighted by Crippen LogP contribution is -2.47. The summed E-state index contributed by atoms with van der Waals surface area (Å²) in [5.74, 6) is -1.63. The van der Waals surface area contributed by atoms with E-state index in [0.717, 1.165) is 16.2 Å². The summed E-state index contributed by atoms with van der Waals surface area (Å²) in [5.41, 5.74) is 6.06. The molecular weight excluding hydrogens is 387 g/mol. The minimum atomic E-state index is -0.999. The average Bonchev–Trinajstić information content (AvgIpc) is 3.16. The van der Waals surface area contributed by atoms with Crippen molar-refractivity contribution in [3.63, 3.8) is 0 Å². The molecule has 1 aromatic heterocycles. The summed E-state index contributed by atoms with van der Waals surface area (Å²) in [4.78, 5) is 24.5. The highest BCUT2D eigenvalue weighted by Crippen LogP contribution is 2.30. The summed E-state index contributed by atoms with van der Waals surface area (Å²) < 4.78 is 24.5. The lowest BCUT2D eigenvalue weighted by atomic mass is 10.0. The number of furan rings is 1. The molecule has 0 radical (unpaired) electrons. The largest absolute Gasteiger partial charge is 0.478 e. The van der Waals surface area contributed by atoms with Crippen LogP contribution in [-0.2, 0) is 16.0 Å². The van der Waals surface area contributed by atoms with Crippen molar-refractivity contribution < 1.29 is 23.1 Å². The van der Waals surface area contributed by atoms with Gasteiger partial charge in [-0.1, -0.05) is 42.5 Å². The molecule has 4 rings (SSSR count). The highest BCUT2D eigenvalue weighted by molar-refractivity contribution is 6.08. The van der Waals surface area contributed by atoms with Gasteiger partial charge in [-0.3, -0.25) is 20.4 Å². The predicted molar refractivity (Wildman–Crippen MR) is 110 cm³/mol. The zero-order valence-corrected chi connectivity index (χ0v) is 16.1. The second-order valence-corrected chi connectivity index (χ2v) is 6.83. The zero-order valence-electron chi connectivity index (χ0n) is 16.1. The van der Waals surface area contributed by atoms with Gasteiger partial charge in [0.05, 0.1) is 12.7 Å². The highest BCUT2D eigenvalue weighted by Gasteiger charge is 2.18. The molecule has 2 N–H and O–H groups in total. The van der Waals surface area contributed by atoms with Crippen LogP contribution >= 0.6 is 0 Å². The van der Waals surface area contributed by atoms with Crippen LogP contribution in [0.15, 0.2) is 71.3 Å². The van der Waals surface area contributed by atoms with Crippen molar-refractivity contribution in [1.29, 1.82) is 0 Å². The Kier molecular flexibility index (Phi) is 5.34. The molecule has 0 aliphatic rings. The van der Waals surface area contributed by atoms with E-state index >= 15 is 0 Å². The third-order valence-corrected chi connectivity index (χ3v) is 4.73. The van der Waals surface area contributed by atoms with E-state index in [1.165, 1.54) is 25.1 Å². The van der Waals surface area contributed by atoms with E-state index in [2.05, 4.69) is 10.9 Å². The molecule has 0 spiro atoms. The van der Waals surface area contributed by atoms with Gasteiger partial charge < -0.3 is 9.15 Å². The third-order valence-electron chi connectivity index (χ3n) is 4.73. The van der Waals surface area contributed by atoms with Crippen molar-refractivity contribution in [1.82, 2.24) is 10.9 Å². The second kappa shape index (κ2) is 8.24. The number of hydrazine groups is 1. The van der Waals surface area contributed by atoms with E-state index < -0.39 is 23.7 Å². The molecule has 0 aliphatic carbocycles. The maximum absolute atomic E-state index is 13.6. The van der Waals surface area contributed by atoms with Crippen LogP contribution in [0.3, 0.4) is 0 Å². The maximum Gasteiger partial charge on any atom is 0.279 e. The van der Waals surface area contributed by atoms with E-state index in [1.807, 2.05) is 36.4 Å². The number of rotatable bonds is 5. The molecule has 0 saturated carbocycles. The first-order valence-corrected chi connectivity index (χ1v) is 9.40. The summed E-state index contributed by atoms with van der Waals surface area (Å²) in [6.45, 7) is 1.46. The van der Waals surface area contributed by atoms with Crippen LogP contribution in [-0.4, -0.2) is 17.9 Å². The summed E-state index contributed by atoms with van der Waals surface area (Å²) in [7, 11) is 0. The first-order chi connectivity index (χ1) is 14.5. The van der Waals surface area contributed by atoms with Gasteiger partial charge in [-0.15, -0.1) is 0 Å². The van der Waals surface area contributed by atoms with Crippen molar-refractivity contribution in [3.05, 3.63) is 78.3 Å². The van der Waals surface area contributed by atoms with E-state index in [-0.39, 0.29) is 12.2 Å². The Morgan fingerprint density at radius 2 is 1.80 bits per heavy atom. The quantitative estimate of drug-likeness (QED) is 0.493. The van der Waals surface area contributed by atoms with E-state index in [9.17, 15) is 14.0 Å². The van der Waals surface area contributed by atoms with Crippen LogP contribution in [0.4, 0.5) is 4.39 Å². The molecule has 0 fully saturated rings. The molecule has 1 atom stereocenters. The molecule has 0 aliphatic heterocycles. The molecule has 152 valence electrons. The number of fused-ring (bicyclic) bond motifs is 3. The van der Waals surface area contributed by atoms with Crippen LogP contribution in [0.25, 0.3) is 21.7 Å². The molecule has 4 aromatic rings. The molecular formula is C23H19FN2O4. The number of amides is 2. The van der Waals surface area contributed by atoms with Crippen LogP contribution in [0, 0.1) is 5.82 Å². The Morgan fingerprint density at radius 1 is 1.03 bits per heavy atom. The van der Waals surface area contributed by atoms with Gasteiger partial charge in [0, 0.05) is 10.9 Å².